The molecule has 0 aromatic heterocycles. The molecule has 3 amide bonds. The summed E-state index contributed by atoms with van der Waals surface area (Å²) in [6, 6.07) is 4.71. The molecule has 1 fully saturated rings. The van der Waals surface area contributed by atoms with E-state index in [-0.39, 0.29) is 23.4 Å². The van der Waals surface area contributed by atoms with Gasteiger partial charge < -0.3 is 5.32 Å². The zero-order valence-electron chi connectivity index (χ0n) is 12.9. The summed E-state index contributed by atoms with van der Waals surface area (Å²) in [5.41, 5.74) is 1.49. The first-order chi connectivity index (χ1) is 9.67. The first-order valence-electron chi connectivity index (χ1n) is 7.07. The molecule has 114 valence electrons. The van der Waals surface area contributed by atoms with Gasteiger partial charge in [0.15, 0.2) is 0 Å². The summed E-state index contributed by atoms with van der Waals surface area (Å²) in [5.74, 6) is -0.187. The number of anilines is 1. The standard InChI is InChI=1S/C16H21ClN2O2/c1-10-5-6-12(8-13(10)17)19-14(20)7-11(18-15(19)21)9-16(2,3)4/h5-6,8,11H,7,9H2,1-4H3,(H,18,21). The highest BCUT2D eigenvalue weighted by Crippen LogP contribution is 2.28. The third-order valence-corrected chi connectivity index (χ3v) is 3.88. The molecular formula is C16H21ClN2O2. The highest BCUT2D eigenvalue weighted by Gasteiger charge is 2.34. The number of carbonyl (C=O) groups is 2. The Morgan fingerprint density at radius 2 is 2.00 bits per heavy atom. The molecule has 1 unspecified atom stereocenters. The van der Waals surface area contributed by atoms with E-state index in [0.717, 1.165) is 12.0 Å². The number of hydrogen-bond acceptors (Lipinski definition) is 2. The Labute approximate surface area is 130 Å². The molecule has 1 N–H and O–H groups in total. The number of hydrogen-bond donors (Lipinski definition) is 1. The smallest absolute Gasteiger partial charge is 0.328 e. The third-order valence-electron chi connectivity index (χ3n) is 3.47. The number of halogens is 1. The van der Waals surface area contributed by atoms with Gasteiger partial charge in [0.2, 0.25) is 5.91 Å². The maximum absolute atomic E-state index is 12.3. The van der Waals surface area contributed by atoms with Crippen molar-refractivity contribution in [2.75, 3.05) is 4.90 Å². The number of imide groups is 1. The van der Waals surface area contributed by atoms with Crippen LogP contribution in [0.15, 0.2) is 18.2 Å². The summed E-state index contributed by atoms with van der Waals surface area (Å²) in [5, 5.41) is 3.46. The van der Waals surface area contributed by atoms with Crippen LogP contribution < -0.4 is 10.2 Å². The zero-order valence-corrected chi connectivity index (χ0v) is 13.6. The van der Waals surface area contributed by atoms with Gasteiger partial charge in [0, 0.05) is 17.5 Å². The van der Waals surface area contributed by atoms with E-state index in [1.165, 1.54) is 4.90 Å². The van der Waals surface area contributed by atoms with Crippen molar-refractivity contribution in [1.82, 2.24) is 5.32 Å². The average molecular weight is 309 g/mol. The highest BCUT2D eigenvalue weighted by atomic mass is 35.5. The maximum Gasteiger partial charge on any atom is 0.328 e. The van der Waals surface area contributed by atoms with Crippen molar-refractivity contribution in [2.24, 2.45) is 5.41 Å². The van der Waals surface area contributed by atoms with E-state index >= 15 is 0 Å². The number of benzene rings is 1. The Hall–Kier alpha value is -1.55. The van der Waals surface area contributed by atoms with E-state index in [0.29, 0.717) is 17.1 Å². The van der Waals surface area contributed by atoms with Gasteiger partial charge in [0.05, 0.1) is 5.69 Å². The number of aryl methyl sites for hydroxylation is 1. The molecule has 1 aromatic rings. The average Bonchev–Trinajstić information content (AvgIpc) is 2.30. The van der Waals surface area contributed by atoms with Crippen molar-refractivity contribution in [1.29, 1.82) is 0 Å². The minimum Gasteiger partial charge on any atom is -0.334 e. The Bertz CT molecular complexity index is 560. The summed E-state index contributed by atoms with van der Waals surface area (Å²) in [6.07, 6.45) is 1.08. The predicted octanol–water partition coefficient (Wildman–Crippen LogP) is 3.90. The molecule has 0 saturated carbocycles. The van der Waals surface area contributed by atoms with Gasteiger partial charge in [-0.15, -0.1) is 0 Å². The lowest BCUT2D eigenvalue weighted by atomic mass is 9.86. The fraction of sp³-hybridized carbons (Fsp3) is 0.500. The van der Waals surface area contributed by atoms with Crippen LogP contribution in [0.25, 0.3) is 0 Å². The largest absolute Gasteiger partial charge is 0.334 e. The van der Waals surface area contributed by atoms with E-state index in [1.54, 1.807) is 18.2 Å². The van der Waals surface area contributed by atoms with Crippen LogP contribution in [0.3, 0.4) is 0 Å². The van der Waals surface area contributed by atoms with E-state index in [2.05, 4.69) is 26.1 Å². The van der Waals surface area contributed by atoms with Crippen molar-refractivity contribution in [3.05, 3.63) is 28.8 Å². The zero-order chi connectivity index (χ0) is 15.8. The SMILES string of the molecule is Cc1ccc(N2C(=O)CC(CC(C)(C)C)NC2=O)cc1Cl. The molecule has 5 heteroatoms. The van der Waals surface area contributed by atoms with Gasteiger partial charge in [-0.2, -0.15) is 0 Å². The molecular weight excluding hydrogens is 288 g/mol. The van der Waals surface area contributed by atoms with Gasteiger partial charge in [-0.1, -0.05) is 38.4 Å². The molecule has 21 heavy (non-hydrogen) atoms. The fourth-order valence-corrected chi connectivity index (χ4v) is 2.72. The molecule has 0 bridgehead atoms. The lowest BCUT2D eigenvalue weighted by molar-refractivity contribution is -0.119. The van der Waals surface area contributed by atoms with E-state index in [9.17, 15) is 9.59 Å². The fourth-order valence-electron chi connectivity index (χ4n) is 2.55. The molecule has 4 nitrogen and oxygen atoms in total. The van der Waals surface area contributed by atoms with Crippen molar-refractivity contribution >= 4 is 29.2 Å². The number of amides is 3. The van der Waals surface area contributed by atoms with E-state index < -0.39 is 0 Å². The monoisotopic (exact) mass is 308 g/mol. The van der Waals surface area contributed by atoms with Crippen molar-refractivity contribution in [3.63, 3.8) is 0 Å². The highest BCUT2D eigenvalue weighted by molar-refractivity contribution is 6.32. The number of urea groups is 1. The maximum atomic E-state index is 12.3. The number of rotatable bonds is 2. The van der Waals surface area contributed by atoms with E-state index in [1.807, 2.05) is 6.92 Å². The molecule has 1 aliphatic heterocycles. The summed E-state index contributed by atoms with van der Waals surface area (Å²) >= 11 is 6.07. The van der Waals surface area contributed by atoms with Gasteiger partial charge in [0.25, 0.3) is 0 Å². The second-order valence-corrected chi connectivity index (χ2v) is 7.19. The quantitative estimate of drug-likeness (QED) is 0.900. The van der Waals surface area contributed by atoms with Gasteiger partial charge in [-0.05, 0) is 36.5 Å². The van der Waals surface area contributed by atoms with Gasteiger partial charge in [-0.3, -0.25) is 4.79 Å². The summed E-state index contributed by atoms with van der Waals surface area (Å²) in [6.45, 7) is 8.16. The first kappa shape index (κ1) is 15.8. The second kappa shape index (κ2) is 5.68. The minimum absolute atomic E-state index is 0.0631. The lowest BCUT2D eigenvalue weighted by Gasteiger charge is -2.34. The summed E-state index contributed by atoms with van der Waals surface area (Å²) in [4.78, 5) is 25.7. The van der Waals surface area contributed by atoms with E-state index in [4.69, 9.17) is 11.6 Å². The van der Waals surface area contributed by atoms with Crippen molar-refractivity contribution < 1.29 is 9.59 Å². The number of nitrogens with zero attached hydrogens (tertiary/aromatic N) is 1. The van der Waals surface area contributed by atoms with Crippen LogP contribution in [0.4, 0.5) is 10.5 Å². The molecule has 2 rings (SSSR count). The van der Waals surface area contributed by atoms with Crippen molar-refractivity contribution in [2.45, 2.75) is 46.6 Å². The van der Waals surface area contributed by atoms with Gasteiger partial charge in [0.1, 0.15) is 0 Å². The Morgan fingerprint density at radius 1 is 1.33 bits per heavy atom. The molecule has 1 aliphatic rings. The van der Waals surface area contributed by atoms with Crippen LogP contribution in [0, 0.1) is 12.3 Å². The van der Waals surface area contributed by atoms with Crippen LogP contribution in [0.5, 0.6) is 0 Å². The molecule has 1 atom stereocenters. The van der Waals surface area contributed by atoms with Crippen LogP contribution >= 0.6 is 11.6 Å². The van der Waals surface area contributed by atoms with Gasteiger partial charge >= 0.3 is 6.03 Å². The molecule has 0 spiro atoms. The predicted molar refractivity (Wildman–Crippen MR) is 84.7 cm³/mol. The lowest BCUT2D eigenvalue weighted by Crippen LogP contribution is -2.55. The second-order valence-electron chi connectivity index (χ2n) is 6.78. The Balaban J connectivity index is 2.18. The van der Waals surface area contributed by atoms with Crippen LogP contribution in [0.1, 0.15) is 39.2 Å². The summed E-state index contributed by atoms with van der Waals surface area (Å²) < 4.78 is 0. The van der Waals surface area contributed by atoms with Crippen LogP contribution in [-0.4, -0.2) is 18.0 Å². The molecule has 1 aromatic carbocycles. The summed E-state index contributed by atoms with van der Waals surface area (Å²) in [7, 11) is 0. The number of nitrogens with one attached hydrogen (secondary N) is 1. The molecule has 0 radical (unpaired) electrons. The molecule has 1 saturated heterocycles. The number of carbonyl (C=O) groups excluding carboxylic acids is 2. The third kappa shape index (κ3) is 3.76. The van der Waals surface area contributed by atoms with Crippen molar-refractivity contribution in [3.8, 4) is 0 Å². The van der Waals surface area contributed by atoms with Gasteiger partial charge in [-0.25, -0.2) is 9.69 Å². The van der Waals surface area contributed by atoms with Crippen LogP contribution in [0.2, 0.25) is 5.02 Å². The Kier molecular flexibility index (Phi) is 4.28. The minimum atomic E-state index is -0.375. The molecule has 1 heterocycles. The first-order valence-corrected chi connectivity index (χ1v) is 7.45. The Morgan fingerprint density at radius 3 is 2.52 bits per heavy atom. The topological polar surface area (TPSA) is 49.4 Å². The molecule has 0 aliphatic carbocycles. The van der Waals surface area contributed by atoms with Crippen LogP contribution in [-0.2, 0) is 4.79 Å². The normalized spacial score (nSPS) is 19.7.